The summed E-state index contributed by atoms with van der Waals surface area (Å²) in [6, 6.07) is 0. The highest BCUT2D eigenvalue weighted by molar-refractivity contribution is 5.75. The molecule has 0 saturated heterocycles. The van der Waals surface area contributed by atoms with Gasteiger partial charge in [0.15, 0.2) is 0 Å². The largest absolute Gasteiger partial charge is 0.481 e. The molecule has 0 radical (unpaired) electrons. The van der Waals surface area contributed by atoms with E-state index in [1.54, 1.807) is 13.8 Å². The van der Waals surface area contributed by atoms with Crippen molar-refractivity contribution in [3.05, 3.63) is 0 Å². The fraction of sp³-hybridized carbons (Fsp3) is 0.800. The SMILES string of the molecule is COC(=O)C(C)(C)CCCCC(=O)O. The van der Waals surface area contributed by atoms with Gasteiger partial charge in [0.25, 0.3) is 0 Å². The molecule has 0 saturated carbocycles. The third-order valence-corrected chi connectivity index (χ3v) is 2.18. The van der Waals surface area contributed by atoms with Gasteiger partial charge in [-0.25, -0.2) is 0 Å². The lowest BCUT2D eigenvalue weighted by molar-refractivity contribution is -0.151. The van der Waals surface area contributed by atoms with Crippen LogP contribution in [0.3, 0.4) is 0 Å². The van der Waals surface area contributed by atoms with Crippen molar-refractivity contribution >= 4 is 11.9 Å². The Morgan fingerprint density at radius 2 is 1.86 bits per heavy atom. The molecule has 0 aliphatic rings. The van der Waals surface area contributed by atoms with Gasteiger partial charge in [0.2, 0.25) is 0 Å². The third kappa shape index (κ3) is 4.84. The zero-order valence-corrected chi connectivity index (χ0v) is 9.00. The molecule has 0 aromatic heterocycles. The molecule has 1 N–H and O–H groups in total. The van der Waals surface area contributed by atoms with E-state index >= 15 is 0 Å². The standard InChI is InChI=1S/C10H18O4/c1-10(2,9(13)14-3)7-5-4-6-8(11)12/h4-7H2,1-3H3,(H,11,12). The maximum absolute atomic E-state index is 11.2. The fourth-order valence-electron chi connectivity index (χ4n) is 1.22. The smallest absolute Gasteiger partial charge is 0.311 e. The molecule has 0 aromatic rings. The number of carboxylic acid groups (broad SMARTS) is 1. The summed E-state index contributed by atoms with van der Waals surface area (Å²) in [6.45, 7) is 3.61. The Hall–Kier alpha value is -1.06. The van der Waals surface area contributed by atoms with Crippen molar-refractivity contribution in [2.24, 2.45) is 5.41 Å². The van der Waals surface area contributed by atoms with Crippen LogP contribution in [0.4, 0.5) is 0 Å². The maximum atomic E-state index is 11.2. The van der Waals surface area contributed by atoms with Crippen LogP contribution in [0.15, 0.2) is 0 Å². The lowest BCUT2D eigenvalue weighted by atomic mass is 9.87. The molecule has 4 heteroatoms. The Balaban J connectivity index is 3.76. The number of hydrogen-bond acceptors (Lipinski definition) is 3. The molecule has 4 nitrogen and oxygen atoms in total. The summed E-state index contributed by atoms with van der Waals surface area (Å²) >= 11 is 0. The highest BCUT2D eigenvalue weighted by Crippen LogP contribution is 2.24. The van der Waals surface area contributed by atoms with Crippen LogP contribution in [0.2, 0.25) is 0 Å². The number of ether oxygens (including phenoxy) is 1. The van der Waals surface area contributed by atoms with Crippen LogP contribution in [0.25, 0.3) is 0 Å². The minimum absolute atomic E-state index is 0.164. The number of methoxy groups -OCH3 is 1. The molecular formula is C10H18O4. The third-order valence-electron chi connectivity index (χ3n) is 2.18. The summed E-state index contributed by atoms with van der Waals surface area (Å²) in [6.07, 6.45) is 2.16. The first-order valence-electron chi connectivity index (χ1n) is 4.70. The first-order valence-corrected chi connectivity index (χ1v) is 4.70. The predicted molar refractivity (Wildman–Crippen MR) is 51.9 cm³/mol. The van der Waals surface area contributed by atoms with E-state index in [0.29, 0.717) is 12.8 Å². The van der Waals surface area contributed by atoms with Crippen molar-refractivity contribution in [2.45, 2.75) is 39.5 Å². The number of esters is 1. The molecule has 14 heavy (non-hydrogen) atoms. The van der Waals surface area contributed by atoms with Crippen molar-refractivity contribution < 1.29 is 19.4 Å². The number of hydrogen-bond donors (Lipinski definition) is 1. The van der Waals surface area contributed by atoms with Crippen LogP contribution >= 0.6 is 0 Å². The molecule has 0 rings (SSSR count). The molecule has 0 aliphatic carbocycles. The number of rotatable bonds is 6. The number of carbonyl (C=O) groups excluding carboxylic acids is 1. The van der Waals surface area contributed by atoms with Gasteiger partial charge < -0.3 is 9.84 Å². The van der Waals surface area contributed by atoms with Crippen molar-refractivity contribution in [2.75, 3.05) is 7.11 Å². The topological polar surface area (TPSA) is 63.6 Å². The molecule has 0 spiro atoms. The lowest BCUT2D eigenvalue weighted by Gasteiger charge is -2.20. The zero-order valence-electron chi connectivity index (χ0n) is 9.00. The Bertz CT molecular complexity index is 208. The van der Waals surface area contributed by atoms with Crippen LogP contribution in [0.1, 0.15) is 39.5 Å². The van der Waals surface area contributed by atoms with E-state index in [4.69, 9.17) is 5.11 Å². The molecule has 0 bridgehead atoms. The van der Waals surface area contributed by atoms with Crippen molar-refractivity contribution in [3.63, 3.8) is 0 Å². The predicted octanol–water partition coefficient (Wildman–Crippen LogP) is 1.83. The summed E-state index contributed by atoms with van der Waals surface area (Å²) in [5.41, 5.74) is -0.507. The molecule has 0 aromatic carbocycles. The summed E-state index contributed by atoms with van der Waals surface area (Å²) in [7, 11) is 1.36. The van der Waals surface area contributed by atoms with Crippen LogP contribution in [-0.2, 0) is 14.3 Å². The van der Waals surface area contributed by atoms with E-state index in [9.17, 15) is 9.59 Å². The van der Waals surface area contributed by atoms with Crippen LogP contribution in [0.5, 0.6) is 0 Å². The van der Waals surface area contributed by atoms with Crippen molar-refractivity contribution in [1.29, 1.82) is 0 Å². The van der Waals surface area contributed by atoms with Gasteiger partial charge in [-0.3, -0.25) is 9.59 Å². The lowest BCUT2D eigenvalue weighted by Crippen LogP contribution is -2.25. The summed E-state index contributed by atoms with van der Waals surface area (Å²) < 4.78 is 4.64. The van der Waals surface area contributed by atoms with E-state index in [2.05, 4.69) is 4.74 Å². The number of aliphatic carboxylic acids is 1. The van der Waals surface area contributed by atoms with Gasteiger partial charge in [-0.2, -0.15) is 0 Å². The number of unbranched alkanes of at least 4 members (excludes halogenated alkanes) is 1. The quantitative estimate of drug-likeness (QED) is 0.527. The minimum atomic E-state index is -0.791. The second-order valence-electron chi connectivity index (χ2n) is 3.98. The monoisotopic (exact) mass is 202 g/mol. The highest BCUT2D eigenvalue weighted by Gasteiger charge is 2.27. The van der Waals surface area contributed by atoms with Gasteiger partial charge in [0, 0.05) is 6.42 Å². The molecule has 82 valence electrons. The Kier molecular flexibility index (Phi) is 5.20. The van der Waals surface area contributed by atoms with Gasteiger partial charge in [0.1, 0.15) is 0 Å². The van der Waals surface area contributed by atoms with Gasteiger partial charge in [-0.15, -0.1) is 0 Å². The summed E-state index contributed by atoms with van der Waals surface area (Å²) in [5, 5.41) is 8.41. The van der Waals surface area contributed by atoms with E-state index in [0.717, 1.165) is 6.42 Å². The molecule has 0 aliphatic heterocycles. The van der Waals surface area contributed by atoms with Gasteiger partial charge in [-0.05, 0) is 26.7 Å². The average Bonchev–Trinajstić information content (AvgIpc) is 2.10. The molecule has 0 fully saturated rings. The molecular weight excluding hydrogens is 184 g/mol. The van der Waals surface area contributed by atoms with Crippen molar-refractivity contribution in [3.8, 4) is 0 Å². The Labute approximate surface area is 84.3 Å². The maximum Gasteiger partial charge on any atom is 0.311 e. The van der Waals surface area contributed by atoms with E-state index in [1.807, 2.05) is 0 Å². The van der Waals surface area contributed by atoms with Crippen LogP contribution in [0, 0.1) is 5.41 Å². The van der Waals surface area contributed by atoms with Crippen LogP contribution in [-0.4, -0.2) is 24.2 Å². The second-order valence-corrected chi connectivity index (χ2v) is 3.98. The Morgan fingerprint density at radius 3 is 2.29 bits per heavy atom. The second kappa shape index (κ2) is 5.62. The van der Waals surface area contributed by atoms with Gasteiger partial charge in [0.05, 0.1) is 12.5 Å². The van der Waals surface area contributed by atoms with Crippen LogP contribution < -0.4 is 0 Å². The minimum Gasteiger partial charge on any atom is -0.481 e. The molecule has 0 atom stereocenters. The molecule has 0 unspecified atom stereocenters. The first-order chi connectivity index (χ1) is 6.40. The van der Waals surface area contributed by atoms with Gasteiger partial charge >= 0.3 is 11.9 Å². The molecule has 0 amide bonds. The summed E-state index contributed by atoms with van der Waals surface area (Å²) in [5.74, 6) is -1.03. The zero-order chi connectivity index (χ0) is 11.2. The van der Waals surface area contributed by atoms with Crippen molar-refractivity contribution in [1.82, 2.24) is 0 Å². The van der Waals surface area contributed by atoms with E-state index < -0.39 is 11.4 Å². The fourth-order valence-corrected chi connectivity index (χ4v) is 1.22. The normalized spacial score (nSPS) is 11.1. The number of carbonyl (C=O) groups is 2. The first kappa shape index (κ1) is 12.9. The number of carboxylic acids is 1. The molecule has 0 heterocycles. The Morgan fingerprint density at radius 1 is 1.29 bits per heavy atom. The highest BCUT2D eigenvalue weighted by atomic mass is 16.5. The van der Waals surface area contributed by atoms with E-state index in [-0.39, 0.29) is 12.4 Å². The van der Waals surface area contributed by atoms with E-state index in [1.165, 1.54) is 7.11 Å². The average molecular weight is 202 g/mol. The van der Waals surface area contributed by atoms with Gasteiger partial charge in [-0.1, -0.05) is 6.42 Å². The summed E-state index contributed by atoms with van der Waals surface area (Å²) in [4.78, 5) is 21.4.